The van der Waals surface area contributed by atoms with Crippen molar-refractivity contribution >= 4 is 23.4 Å². The molecule has 1 fully saturated rings. The van der Waals surface area contributed by atoms with Gasteiger partial charge in [-0.2, -0.15) is 0 Å². The summed E-state index contributed by atoms with van der Waals surface area (Å²) < 4.78 is 0. The lowest BCUT2D eigenvalue weighted by Crippen LogP contribution is -2.62. The zero-order valence-electron chi connectivity index (χ0n) is 17.4. The number of hydrogen-bond donors (Lipinski definition) is 0. The van der Waals surface area contributed by atoms with Gasteiger partial charge in [-0.05, 0) is 44.0 Å². The Balaban J connectivity index is 1.43. The van der Waals surface area contributed by atoms with Crippen molar-refractivity contribution in [1.29, 1.82) is 0 Å². The third kappa shape index (κ3) is 3.44. The predicted molar refractivity (Wildman–Crippen MR) is 113 cm³/mol. The summed E-state index contributed by atoms with van der Waals surface area (Å²) in [5, 5.41) is 0. The molecule has 4 rings (SSSR count). The van der Waals surface area contributed by atoms with Crippen molar-refractivity contribution in [1.82, 2.24) is 14.8 Å². The van der Waals surface area contributed by atoms with Crippen LogP contribution in [-0.4, -0.2) is 51.8 Å². The first-order chi connectivity index (χ1) is 14.4. The molecular weight excluding hydrogens is 380 g/mol. The molecule has 0 spiro atoms. The van der Waals surface area contributed by atoms with Gasteiger partial charge in [-0.1, -0.05) is 18.2 Å². The minimum atomic E-state index is -0.675. The third-order valence-corrected chi connectivity index (χ3v) is 6.07. The Morgan fingerprint density at radius 1 is 1.17 bits per heavy atom. The van der Waals surface area contributed by atoms with Gasteiger partial charge in [0.15, 0.2) is 0 Å². The van der Waals surface area contributed by atoms with E-state index in [-0.39, 0.29) is 17.7 Å². The number of anilines is 1. The van der Waals surface area contributed by atoms with E-state index in [4.69, 9.17) is 0 Å². The summed E-state index contributed by atoms with van der Waals surface area (Å²) in [6, 6.07) is 12.9. The van der Waals surface area contributed by atoms with Crippen LogP contribution < -0.4 is 4.90 Å². The van der Waals surface area contributed by atoms with Crippen molar-refractivity contribution in [2.45, 2.75) is 44.8 Å². The molecule has 7 heteroatoms. The van der Waals surface area contributed by atoms with E-state index in [2.05, 4.69) is 4.98 Å². The van der Waals surface area contributed by atoms with E-state index >= 15 is 0 Å². The molecule has 1 aromatic carbocycles. The summed E-state index contributed by atoms with van der Waals surface area (Å²) in [5.41, 5.74) is 1.40. The topological polar surface area (TPSA) is 73.8 Å². The van der Waals surface area contributed by atoms with E-state index in [9.17, 15) is 14.4 Å². The molecule has 7 nitrogen and oxygen atoms in total. The maximum atomic E-state index is 13.2. The normalized spacial score (nSPS) is 20.2. The van der Waals surface area contributed by atoms with Crippen LogP contribution in [0.4, 0.5) is 5.69 Å². The zero-order valence-corrected chi connectivity index (χ0v) is 17.4. The molecule has 0 aliphatic carbocycles. The van der Waals surface area contributed by atoms with E-state index in [0.717, 1.165) is 5.69 Å². The molecule has 2 aliphatic rings. The highest BCUT2D eigenvalue weighted by molar-refractivity contribution is 6.10. The van der Waals surface area contributed by atoms with Crippen LogP contribution in [-0.2, 0) is 16.1 Å². The van der Waals surface area contributed by atoms with Gasteiger partial charge in [0.2, 0.25) is 11.8 Å². The highest BCUT2D eigenvalue weighted by atomic mass is 16.2. The fraction of sp³-hybridized carbons (Fsp3) is 0.391. The summed E-state index contributed by atoms with van der Waals surface area (Å²) in [5.74, 6) is -0.0306. The fourth-order valence-corrected chi connectivity index (χ4v) is 4.44. The predicted octanol–water partition coefficient (Wildman–Crippen LogP) is 2.82. The second kappa shape index (κ2) is 7.89. The van der Waals surface area contributed by atoms with Crippen LogP contribution in [0.1, 0.15) is 48.7 Å². The number of fused-ring (bicyclic) bond motifs is 3. The Kier molecular flexibility index (Phi) is 5.28. The lowest BCUT2D eigenvalue weighted by molar-refractivity contribution is -0.130. The number of rotatable bonds is 6. The smallest absolute Gasteiger partial charge is 0.257 e. The molecule has 30 heavy (non-hydrogen) atoms. The lowest BCUT2D eigenvalue weighted by Gasteiger charge is -2.48. The number of hydrogen-bond acceptors (Lipinski definition) is 4. The number of amides is 3. The number of carbonyl (C=O) groups excluding carboxylic acids is 3. The second-order valence-corrected chi connectivity index (χ2v) is 8.09. The largest absolute Gasteiger partial charge is 0.340 e. The molecule has 0 saturated carbocycles. The Bertz CT molecular complexity index is 977. The molecule has 1 saturated heterocycles. The van der Waals surface area contributed by atoms with Crippen molar-refractivity contribution in [3.63, 3.8) is 0 Å². The van der Waals surface area contributed by atoms with Gasteiger partial charge in [-0.3, -0.25) is 24.3 Å². The Morgan fingerprint density at radius 3 is 2.70 bits per heavy atom. The summed E-state index contributed by atoms with van der Waals surface area (Å²) >= 11 is 0. The van der Waals surface area contributed by atoms with Crippen LogP contribution >= 0.6 is 0 Å². The van der Waals surface area contributed by atoms with E-state index in [1.165, 1.54) is 0 Å². The SMILES string of the molecule is CN(Cc1ccccn1)C(=O)CCCN1C(=O)c2ccccc2N2C(=O)CCC12C. The molecule has 1 atom stereocenters. The molecule has 3 heterocycles. The highest BCUT2D eigenvalue weighted by Crippen LogP contribution is 2.44. The average Bonchev–Trinajstić information content (AvgIpc) is 3.06. The molecule has 0 radical (unpaired) electrons. The maximum absolute atomic E-state index is 13.2. The number of nitrogens with zero attached hydrogens (tertiary/aromatic N) is 4. The first kappa shape index (κ1) is 20.1. The van der Waals surface area contributed by atoms with Crippen LogP contribution in [0.25, 0.3) is 0 Å². The van der Waals surface area contributed by atoms with Crippen LogP contribution in [0.15, 0.2) is 48.7 Å². The Morgan fingerprint density at radius 2 is 1.93 bits per heavy atom. The number of aromatic nitrogens is 1. The summed E-state index contributed by atoms with van der Waals surface area (Å²) in [6.07, 6.45) is 3.60. The number of benzene rings is 1. The fourth-order valence-electron chi connectivity index (χ4n) is 4.44. The zero-order chi connectivity index (χ0) is 21.3. The standard InChI is InChI=1S/C23H26N4O3/c1-23-13-12-21(29)27(23)19-10-4-3-9-18(19)22(30)26(23)15-7-11-20(28)25(2)16-17-8-5-6-14-24-17/h3-6,8-10,14H,7,11-13,15-16H2,1-2H3. The van der Waals surface area contributed by atoms with E-state index in [0.29, 0.717) is 50.0 Å². The number of carbonyl (C=O) groups is 3. The first-order valence-corrected chi connectivity index (χ1v) is 10.3. The van der Waals surface area contributed by atoms with Gasteiger partial charge in [0.05, 0.1) is 23.5 Å². The summed E-state index contributed by atoms with van der Waals surface area (Å²) in [7, 11) is 1.76. The molecule has 2 aliphatic heterocycles. The molecule has 0 bridgehead atoms. The van der Waals surface area contributed by atoms with Gasteiger partial charge in [0.1, 0.15) is 5.66 Å². The van der Waals surface area contributed by atoms with Gasteiger partial charge >= 0.3 is 0 Å². The van der Waals surface area contributed by atoms with Gasteiger partial charge in [-0.25, -0.2) is 0 Å². The lowest BCUT2D eigenvalue weighted by atomic mass is 9.98. The van der Waals surface area contributed by atoms with Gasteiger partial charge in [-0.15, -0.1) is 0 Å². The molecule has 2 aromatic rings. The second-order valence-electron chi connectivity index (χ2n) is 8.09. The molecule has 1 aromatic heterocycles. The van der Waals surface area contributed by atoms with Crippen LogP contribution in [0, 0.1) is 0 Å². The molecule has 3 amide bonds. The van der Waals surface area contributed by atoms with Crippen molar-refractivity contribution in [2.75, 3.05) is 18.5 Å². The quantitative estimate of drug-likeness (QED) is 0.739. The van der Waals surface area contributed by atoms with Crippen molar-refractivity contribution < 1.29 is 14.4 Å². The Hall–Kier alpha value is -3.22. The van der Waals surface area contributed by atoms with Crippen LogP contribution in [0.2, 0.25) is 0 Å². The highest BCUT2D eigenvalue weighted by Gasteiger charge is 2.52. The first-order valence-electron chi connectivity index (χ1n) is 10.3. The van der Waals surface area contributed by atoms with Gasteiger partial charge in [0.25, 0.3) is 5.91 Å². The monoisotopic (exact) mass is 406 g/mol. The van der Waals surface area contributed by atoms with Gasteiger partial charge < -0.3 is 9.80 Å². The Labute approximate surface area is 176 Å². The van der Waals surface area contributed by atoms with Crippen molar-refractivity contribution in [2.24, 2.45) is 0 Å². The van der Waals surface area contributed by atoms with Crippen molar-refractivity contribution in [3.05, 3.63) is 59.9 Å². The van der Waals surface area contributed by atoms with E-state index < -0.39 is 5.66 Å². The minimum Gasteiger partial charge on any atom is -0.340 e. The molecule has 0 N–H and O–H groups in total. The molecule has 1 unspecified atom stereocenters. The van der Waals surface area contributed by atoms with Crippen LogP contribution in [0.5, 0.6) is 0 Å². The molecule has 156 valence electrons. The molecular formula is C23H26N4O3. The minimum absolute atomic E-state index is 0.00928. The summed E-state index contributed by atoms with van der Waals surface area (Å²) in [6.45, 7) is 2.83. The maximum Gasteiger partial charge on any atom is 0.257 e. The van der Waals surface area contributed by atoms with E-state index in [1.807, 2.05) is 43.3 Å². The van der Waals surface area contributed by atoms with Crippen molar-refractivity contribution in [3.8, 4) is 0 Å². The average molecular weight is 406 g/mol. The number of pyridine rings is 1. The van der Waals surface area contributed by atoms with Gasteiger partial charge in [0, 0.05) is 32.6 Å². The van der Waals surface area contributed by atoms with E-state index in [1.54, 1.807) is 34.0 Å². The van der Waals surface area contributed by atoms with Crippen LogP contribution in [0.3, 0.4) is 0 Å². The summed E-state index contributed by atoms with van der Waals surface area (Å²) in [4.78, 5) is 47.8. The number of para-hydroxylation sites is 1. The third-order valence-electron chi connectivity index (χ3n) is 6.07.